The van der Waals surface area contributed by atoms with Crippen LogP contribution in [0.4, 0.5) is 0 Å². The first-order chi connectivity index (χ1) is 7.25. The van der Waals surface area contributed by atoms with Crippen molar-refractivity contribution in [3.05, 3.63) is 0 Å². The Morgan fingerprint density at radius 3 is 2.67 bits per heavy atom. The molecule has 0 saturated heterocycles. The van der Waals surface area contributed by atoms with E-state index in [9.17, 15) is 4.79 Å². The summed E-state index contributed by atoms with van der Waals surface area (Å²) < 4.78 is 5.49. The molecule has 2 aliphatic rings. The van der Waals surface area contributed by atoms with Crippen LogP contribution in [0.15, 0.2) is 0 Å². The number of primary amides is 1. The second-order valence-corrected chi connectivity index (χ2v) is 4.70. The van der Waals surface area contributed by atoms with Crippen molar-refractivity contribution in [1.82, 2.24) is 5.32 Å². The molecular formula is C11H20N2O2. The fourth-order valence-corrected chi connectivity index (χ4v) is 1.58. The van der Waals surface area contributed by atoms with Gasteiger partial charge in [-0.15, -0.1) is 0 Å². The summed E-state index contributed by atoms with van der Waals surface area (Å²) in [5.74, 6) is 0.533. The number of nitrogens with one attached hydrogen (secondary N) is 1. The molecule has 1 atom stereocenters. The van der Waals surface area contributed by atoms with Gasteiger partial charge in [0.15, 0.2) is 0 Å². The zero-order valence-electron chi connectivity index (χ0n) is 9.08. The molecule has 2 fully saturated rings. The molecule has 1 amide bonds. The largest absolute Gasteiger partial charge is 0.381 e. The van der Waals surface area contributed by atoms with Gasteiger partial charge in [-0.1, -0.05) is 0 Å². The number of carbonyl (C=O) groups excluding carboxylic acids is 1. The molecule has 15 heavy (non-hydrogen) atoms. The lowest BCUT2D eigenvalue weighted by Crippen LogP contribution is -2.43. The van der Waals surface area contributed by atoms with E-state index in [0.29, 0.717) is 19.1 Å². The molecule has 1 unspecified atom stereocenters. The molecule has 2 saturated carbocycles. The van der Waals surface area contributed by atoms with E-state index < -0.39 is 0 Å². The van der Waals surface area contributed by atoms with E-state index in [-0.39, 0.29) is 11.9 Å². The lowest BCUT2D eigenvalue weighted by molar-refractivity contribution is -0.120. The van der Waals surface area contributed by atoms with Crippen LogP contribution in [0.1, 0.15) is 32.1 Å². The lowest BCUT2D eigenvalue weighted by atomic mass is 10.2. The SMILES string of the molecule is NC(=O)C(CCOCC1CC1)NC1CC1. The lowest BCUT2D eigenvalue weighted by Gasteiger charge is -2.14. The van der Waals surface area contributed by atoms with Crippen molar-refractivity contribution in [1.29, 1.82) is 0 Å². The van der Waals surface area contributed by atoms with Crippen molar-refractivity contribution in [2.45, 2.75) is 44.2 Å². The topological polar surface area (TPSA) is 64.4 Å². The van der Waals surface area contributed by atoms with E-state index in [4.69, 9.17) is 10.5 Å². The Hall–Kier alpha value is -0.610. The van der Waals surface area contributed by atoms with E-state index in [1.54, 1.807) is 0 Å². The van der Waals surface area contributed by atoms with E-state index in [1.165, 1.54) is 25.7 Å². The quantitative estimate of drug-likeness (QED) is 0.573. The Morgan fingerprint density at radius 1 is 1.40 bits per heavy atom. The van der Waals surface area contributed by atoms with Crippen molar-refractivity contribution in [2.75, 3.05) is 13.2 Å². The van der Waals surface area contributed by atoms with Crippen LogP contribution in [0.5, 0.6) is 0 Å². The van der Waals surface area contributed by atoms with Gasteiger partial charge in [-0.05, 0) is 38.0 Å². The molecule has 2 aliphatic carbocycles. The van der Waals surface area contributed by atoms with Gasteiger partial charge < -0.3 is 15.8 Å². The number of hydrogen-bond acceptors (Lipinski definition) is 3. The van der Waals surface area contributed by atoms with E-state index >= 15 is 0 Å². The average Bonchev–Trinajstić information content (AvgIpc) is 3.03. The first-order valence-corrected chi connectivity index (χ1v) is 5.89. The third-order valence-corrected chi connectivity index (χ3v) is 2.96. The van der Waals surface area contributed by atoms with Crippen molar-refractivity contribution in [3.63, 3.8) is 0 Å². The van der Waals surface area contributed by atoms with Crippen LogP contribution in [0, 0.1) is 5.92 Å². The molecule has 86 valence electrons. The number of carbonyl (C=O) groups is 1. The Kier molecular flexibility index (Phi) is 3.59. The van der Waals surface area contributed by atoms with Crippen LogP contribution < -0.4 is 11.1 Å². The summed E-state index contributed by atoms with van der Waals surface area (Å²) >= 11 is 0. The summed E-state index contributed by atoms with van der Waals surface area (Å²) in [6, 6.07) is 0.322. The molecule has 0 aromatic carbocycles. The Labute approximate surface area is 90.5 Å². The fourth-order valence-electron chi connectivity index (χ4n) is 1.58. The van der Waals surface area contributed by atoms with E-state index in [2.05, 4.69) is 5.32 Å². The minimum Gasteiger partial charge on any atom is -0.381 e. The number of ether oxygens (including phenoxy) is 1. The van der Waals surface area contributed by atoms with E-state index in [1.807, 2.05) is 0 Å². The zero-order valence-corrected chi connectivity index (χ0v) is 9.08. The normalized spacial score (nSPS) is 22.7. The number of nitrogens with two attached hydrogens (primary N) is 1. The van der Waals surface area contributed by atoms with Crippen LogP contribution >= 0.6 is 0 Å². The van der Waals surface area contributed by atoms with Gasteiger partial charge in [0.05, 0.1) is 6.04 Å². The molecule has 4 heteroatoms. The minimum atomic E-state index is -0.253. The Morgan fingerprint density at radius 2 is 2.13 bits per heavy atom. The molecule has 0 bridgehead atoms. The minimum absolute atomic E-state index is 0.197. The van der Waals surface area contributed by atoms with Crippen molar-refractivity contribution in [3.8, 4) is 0 Å². The van der Waals surface area contributed by atoms with Crippen molar-refractivity contribution < 1.29 is 9.53 Å². The Bertz CT molecular complexity index is 225. The molecular weight excluding hydrogens is 192 g/mol. The third-order valence-electron chi connectivity index (χ3n) is 2.96. The first-order valence-electron chi connectivity index (χ1n) is 5.89. The summed E-state index contributed by atoms with van der Waals surface area (Å²) in [6.07, 6.45) is 5.66. The third kappa shape index (κ3) is 4.18. The molecule has 0 heterocycles. The predicted molar refractivity (Wildman–Crippen MR) is 57.3 cm³/mol. The van der Waals surface area contributed by atoms with Crippen molar-refractivity contribution >= 4 is 5.91 Å². The summed E-state index contributed by atoms with van der Waals surface area (Å²) in [4.78, 5) is 11.1. The summed E-state index contributed by atoms with van der Waals surface area (Å²) in [5.41, 5.74) is 5.31. The summed E-state index contributed by atoms with van der Waals surface area (Å²) in [6.45, 7) is 1.50. The second-order valence-electron chi connectivity index (χ2n) is 4.70. The molecule has 0 aromatic rings. The highest BCUT2D eigenvalue weighted by atomic mass is 16.5. The van der Waals surface area contributed by atoms with Gasteiger partial charge in [0.25, 0.3) is 0 Å². The molecule has 0 spiro atoms. The fraction of sp³-hybridized carbons (Fsp3) is 0.909. The monoisotopic (exact) mass is 212 g/mol. The predicted octanol–water partition coefficient (Wildman–Crippen LogP) is 0.409. The molecule has 3 N–H and O–H groups in total. The van der Waals surface area contributed by atoms with Crippen LogP contribution in [-0.2, 0) is 9.53 Å². The highest BCUT2D eigenvalue weighted by Crippen LogP contribution is 2.28. The average molecular weight is 212 g/mol. The highest BCUT2D eigenvalue weighted by molar-refractivity contribution is 5.79. The first kappa shape index (κ1) is 10.9. The molecule has 0 radical (unpaired) electrons. The summed E-state index contributed by atoms with van der Waals surface area (Å²) in [5, 5.41) is 3.24. The molecule has 0 aliphatic heterocycles. The smallest absolute Gasteiger partial charge is 0.234 e. The van der Waals surface area contributed by atoms with Gasteiger partial charge in [-0.2, -0.15) is 0 Å². The van der Waals surface area contributed by atoms with Gasteiger partial charge >= 0.3 is 0 Å². The van der Waals surface area contributed by atoms with Gasteiger partial charge in [0, 0.05) is 19.3 Å². The molecule has 4 nitrogen and oxygen atoms in total. The Balaban J connectivity index is 1.57. The maximum Gasteiger partial charge on any atom is 0.234 e. The van der Waals surface area contributed by atoms with Crippen LogP contribution in [0.25, 0.3) is 0 Å². The number of amides is 1. The van der Waals surface area contributed by atoms with Crippen LogP contribution in [-0.4, -0.2) is 31.2 Å². The zero-order chi connectivity index (χ0) is 10.7. The number of rotatable bonds is 8. The molecule has 2 rings (SSSR count). The van der Waals surface area contributed by atoms with Gasteiger partial charge in [-0.3, -0.25) is 4.79 Å². The maximum absolute atomic E-state index is 11.1. The van der Waals surface area contributed by atoms with Crippen LogP contribution in [0.2, 0.25) is 0 Å². The number of hydrogen-bond donors (Lipinski definition) is 2. The second kappa shape index (κ2) is 4.94. The van der Waals surface area contributed by atoms with Gasteiger partial charge in [0.1, 0.15) is 0 Å². The maximum atomic E-state index is 11.1. The standard InChI is InChI=1S/C11H20N2O2/c12-11(14)10(13-9-3-4-9)5-6-15-7-8-1-2-8/h8-10,13H,1-7H2,(H2,12,14). The molecule has 0 aromatic heterocycles. The van der Waals surface area contributed by atoms with Gasteiger partial charge in [0.2, 0.25) is 5.91 Å². The van der Waals surface area contributed by atoms with Crippen LogP contribution in [0.3, 0.4) is 0 Å². The van der Waals surface area contributed by atoms with Gasteiger partial charge in [-0.25, -0.2) is 0 Å². The van der Waals surface area contributed by atoms with E-state index in [0.717, 1.165) is 12.5 Å². The van der Waals surface area contributed by atoms with Crippen molar-refractivity contribution in [2.24, 2.45) is 11.7 Å². The highest BCUT2D eigenvalue weighted by Gasteiger charge is 2.27. The summed E-state index contributed by atoms with van der Waals surface area (Å²) in [7, 11) is 0.